The second-order valence-electron chi connectivity index (χ2n) is 2.72. The highest BCUT2D eigenvalue weighted by molar-refractivity contribution is 5.45. The summed E-state index contributed by atoms with van der Waals surface area (Å²) in [6.07, 6.45) is -4.70. The summed E-state index contributed by atoms with van der Waals surface area (Å²) in [4.78, 5) is 0. The summed E-state index contributed by atoms with van der Waals surface area (Å²) in [5.41, 5.74) is -2.30. The van der Waals surface area contributed by atoms with Crippen LogP contribution in [-0.2, 0) is 6.18 Å². The van der Waals surface area contributed by atoms with E-state index in [0.717, 1.165) is 12.1 Å². The van der Waals surface area contributed by atoms with Crippen molar-refractivity contribution < 1.29 is 17.6 Å². The topological polar surface area (TPSA) is 23.8 Å². The Kier molecular flexibility index (Phi) is 2.47. The Hall–Kier alpha value is -1.57. The summed E-state index contributed by atoms with van der Waals surface area (Å²) < 4.78 is 49.9. The molecule has 0 aliphatic rings. The minimum Gasteiger partial charge on any atom is -0.206 e. The van der Waals surface area contributed by atoms with Gasteiger partial charge in [0.05, 0.1) is 5.56 Å². The van der Waals surface area contributed by atoms with Crippen LogP contribution in [0.3, 0.4) is 0 Å². The number of rotatable bonds is 0. The zero-order chi connectivity index (χ0) is 10.9. The average molecular weight is 203 g/mol. The van der Waals surface area contributed by atoms with Crippen LogP contribution < -0.4 is 0 Å². The van der Waals surface area contributed by atoms with Crippen LogP contribution in [0, 0.1) is 24.1 Å². The lowest BCUT2D eigenvalue weighted by Gasteiger charge is -2.11. The third-order valence-corrected chi connectivity index (χ3v) is 1.76. The predicted molar refractivity (Wildman–Crippen MR) is 40.9 cm³/mol. The van der Waals surface area contributed by atoms with E-state index < -0.39 is 23.1 Å². The van der Waals surface area contributed by atoms with Crippen molar-refractivity contribution in [3.8, 4) is 6.07 Å². The maximum absolute atomic E-state index is 12.8. The Morgan fingerprint density at radius 1 is 1.29 bits per heavy atom. The van der Waals surface area contributed by atoms with E-state index in [4.69, 9.17) is 5.26 Å². The highest BCUT2D eigenvalue weighted by Gasteiger charge is 2.36. The second kappa shape index (κ2) is 3.29. The van der Waals surface area contributed by atoms with Gasteiger partial charge in [-0.15, -0.1) is 0 Å². The molecule has 0 radical (unpaired) electrons. The third kappa shape index (κ3) is 1.69. The Balaban J connectivity index is 3.56. The Morgan fingerprint density at radius 3 is 2.21 bits per heavy atom. The van der Waals surface area contributed by atoms with Crippen molar-refractivity contribution in [3.63, 3.8) is 0 Å². The minimum absolute atomic E-state index is 0.157. The summed E-state index contributed by atoms with van der Waals surface area (Å²) >= 11 is 0. The predicted octanol–water partition coefficient (Wildman–Crippen LogP) is 3.02. The highest BCUT2D eigenvalue weighted by atomic mass is 19.4. The molecule has 14 heavy (non-hydrogen) atoms. The zero-order valence-electron chi connectivity index (χ0n) is 7.11. The number of hydrogen-bond donors (Lipinski definition) is 0. The molecule has 0 aliphatic carbocycles. The first kappa shape index (κ1) is 10.5. The van der Waals surface area contributed by atoms with Crippen LogP contribution in [0.5, 0.6) is 0 Å². The second-order valence-corrected chi connectivity index (χ2v) is 2.72. The van der Waals surface area contributed by atoms with Gasteiger partial charge < -0.3 is 0 Å². The van der Waals surface area contributed by atoms with Gasteiger partial charge in [-0.05, 0) is 18.6 Å². The number of benzene rings is 1. The molecule has 1 aromatic carbocycles. The molecule has 0 saturated heterocycles. The molecule has 1 rings (SSSR count). The highest BCUT2D eigenvalue weighted by Crippen LogP contribution is 2.35. The van der Waals surface area contributed by atoms with Gasteiger partial charge in [0.1, 0.15) is 17.4 Å². The van der Waals surface area contributed by atoms with Crippen molar-refractivity contribution in [1.29, 1.82) is 5.26 Å². The van der Waals surface area contributed by atoms with Crippen molar-refractivity contribution >= 4 is 0 Å². The molecule has 0 aliphatic heterocycles. The standard InChI is InChI=1S/C9H5F4N/c1-5-2-3-7(10)6(4-14)8(5)9(11,12)13/h2-3H,1H3. The van der Waals surface area contributed by atoms with Crippen LogP contribution in [0.25, 0.3) is 0 Å². The van der Waals surface area contributed by atoms with Crippen molar-refractivity contribution in [3.05, 3.63) is 34.6 Å². The van der Waals surface area contributed by atoms with Gasteiger partial charge in [-0.3, -0.25) is 0 Å². The molecular weight excluding hydrogens is 198 g/mol. The number of aryl methyl sites for hydroxylation is 1. The zero-order valence-corrected chi connectivity index (χ0v) is 7.11. The van der Waals surface area contributed by atoms with Gasteiger partial charge in [0, 0.05) is 0 Å². The lowest BCUT2D eigenvalue weighted by Crippen LogP contribution is -2.11. The molecule has 0 saturated carbocycles. The molecule has 1 aromatic rings. The van der Waals surface area contributed by atoms with Crippen molar-refractivity contribution in [2.45, 2.75) is 13.1 Å². The van der Waals surface area contributed by atoms with Gasteiger partial charge in [0.25, 0.3) is 0 Å². The number of nitriles is 1. The van der Waals surface area contributed by atoms with Crippen LogP contribution >= 0.6 is 0 Å². The number of halogens is 4. The van der Waals surface area contributed by atoms with Crippen molar-refractivity contribution in [1.82, 2.24) is 0 Å². The molecule has 0 spiro atoms. The van der Waals surface area contributed by atoms with Gasteiger partial charge >= 0.3 is 6.18 Å². The van der Waals surface area contributed by atoms with E-state index in [2.05, 4.69) is 0 Å². The van der Waals surface area contributed by atoms with Crippen molar-refractivity contribution in [2.75, 3.05) is 0 Å². The molecule has 0 unspecified atom stereocenters. The number of alkyl halides is 3. The third-order valence-electron chi connectivity index (χ3n) is 1.76. The summed E-state index contributed by atoms with van der Waals surface area (Å²) in [5, 5.41) is 8.40. The SMILES string of the molecule is Cc1ccc(F)c(C#N)c1C(F)(F)F. The Bertz CT molecular complexity index is 400. The molecule has 1 nitrogen and oxygen atoms in total. The maximum atomic E-state index is 12.8. The van der Waals surface area contributed by atoms with Gasteiger partial charge in [-0.1, -0.05) is 6.07 Å². The molecule has 0 bridgehead atoms. The van der Waals surface area contributed by atoms with E-state index in [1.54, 1.807) is 0 Å². The number of nitrogens with zero attached hydrogens (tertiary/aromatic N) is 1. The molecule has 0 aromatic heterocycles. The Morgan fingerprint density at radius 2 is 1.86 bits per heavy atom. The molecule has 0 heterocycles. The molecule has 0 atom stereocenters. The van der Waals surface area contributed by atoms with E-state index in [0.29, 0.717) is 0 Å². The molecule has 5 heteroatoms. The summed E-state index contributed by atoms with van der Waals surface area (Å²) in [6.45, 7) is 1.18. The molecular formula is C9H5F4N. The first-order chi connectivity index (χ1) is 6.38. The molecule has 0 amide bonds. The van der Waals surface area contributed by atoms with Crippen LogP contribution in [0.1, 0.15) is 16.7 Å². The fourth-order valence-corrected chi connectivity index (χ4v) is 1.16. The number of hydrogen-bond acceptors (Lipinski definition) is 1. The van der Waals surface area contributed by atoms with Crippen LogP contribution in [0.4, 0.5) is 17.6 Å². The summed E-state index contributed by atoms with van der Waals surface area (Å²) in [5.74, 6) is -1.15. The van der Waals surface area contributed by atoms with Crippen LogP contribution in [-0.4, -0.2) is 0 Å². The fourth-order valence-electron chi connectivity index (χ4n) is 1.16. The lowest BCUT2D eigenvalue weighted by molar-refractivity contribution is -0.138. The van der Waals surface area contributed by atoms with E-state index in [1.165, 1.54) is 13.0 Å². The smallest absolute Gasteiger partial charge is 0.206 e. The van der Waals surface area contributed by atoms with Gasteiger partial charge in [0.2, 0.25) is 0 Å². The van der Waals surface area contributed by atoms with Gasteiger partial charge in [-0.25, -0.2) is 4.39 Å². The summed E-state index contributed by atoms with van der Waals surface area (Å²) in [7, 11) is 0. The molecule has 0 N–H and O–H groups in total. The van der Waals surface area contributed by atoms with E-state index in [-0.39, 0.29) is 5.56 Å². The summed E-state index contributed by atoms with van der Waals surface area (Å²) in [6, 6.07) is 3.07. The lowest BCUT2D eigenvalue weighted by atomic mass is 10.0. The molecule has 74 valence electrons. The van der Waals surface area contributed by atoms with E-state index in [1.807, 2.05) is 0 Å². The van der Waals surface area contributed by atoms with E-state index >= 15 is 0 Å². The Labute approximate surface area is 77.6 Å². The first-order valence-corrected chi connectivity index (χ1v) is 3.64. The minimum atomic E-state index is -4.70. The largest absolute Gasteiger partial charge is 0.418 e. The van der Waals surface area contributed by atoms with Crippen LogP contribution in [0.15, 0.2) is 12.1 Å². The van der Waals surface area contributed by atoms with E-state index in [9.17, 15) is 17.6 Å². The quantitative estimate of drug-likeness (QED) is 0.594. The van der Waals surface area contributed by atoms with Crippen molar-refractivity contribution in [2.24, 2.45) is 0 Å². The normalized spacial score (nSPS) is 11.1. The fraction of sp³-hybridized carbons (Fsp3) is 0.222. The molecule has 0 fully saturated rings. The average Bonchev–Trinajstić information content (AvgIpc) is 2.06. The van der Waals surface area contributed by atoms with Gasteiger partial charge in [-0.2, -0.15) is 18.4 Å². The first-order valence-electron chi connectivity index (χ1n) is 3.64. The van der Waals surface area contributed by atoms with Gasteiger partial charge in [0.15, 0.2) is 0 Å². The van der Waals surface area contributed by atoms with Crippen LogP contribution in [0.2, 0.25) is 0 Å². The monoisotopic (exact) mass is 203 g/mol. The maximum Gasteiger partial charge on any atom is 0.418 e.